The lowest BCUT2D eigenvalue weighted by atomic mass is 10.1. The third-order valence-electron chi connectivity index (χ3n) is 2.53. The molecule has 0 spiro atoms. The van der Waals surface area contributed by atoms with Crippen molar-refractivity contribution in [2.24, 2.45) is 0 Å². The standard InChI is InChI=1S/C12H16N2OS/c1-2-5-14-9-13-8-11(14)12(15)7-10-4-3-6-16-10/h3-4,6,8-9,12,15H,2,5,7H2,1H3. The van der Waals surface area contributed by atoms with Crippen LogP contribution in [0, 0.1) is 0 Å². The van der Waals surface area contributed by atoms with Gasteiger partial charge in [-0.1, -0.05) is 13.0 Å². The molecule has 2 aromatic rings. The van der Waals surface area contributed by atoms with Gasteiger partial charge >= 0.3 is 0 Å². The Morgan fingerprint density at radius 1 is 1.56 bits per heavy atom. The molecule has 0 fully saturated rings. The second-order valence-corrected chi connectivity index (χ2v) is 4.84. The molecule has 86 valence electrons. The predicted octanol–water partition coefficient (Wildman–Crippen LogP) is 2.63. The summed E-state index contributed by atoms with van der Waals surface area (Å²) < 4.78 is 2.03. The summed E-state index contributed by atoms with van der Waals surface area (Å²) in [5.41, 5.74) is 0.912. The number of hydrogen-bond donors (Lipinski definition) is 1. The zero-order valence-corrected chi connectivity index (χ0v) is 10.2. The molecule has 0 bridgehead atoms. The van der Waals surface area contributed by atoms with Crippen LogP contribution < -0.4 is 0 Å². The molecule has 1 atom stereocenters. The van der Waals surface area contributed by atoms with Crippen LogP contribution in [-0.4, -0.2) is 14.7 Å². The SMILES string of the molecule is CCCn1cncc1C(O)Cc1cccs1. The molecule has 0 saturated heterocycles. The highest BCUT2D eigenvalue weighted by Crippen LogP contribution is 2.21. The van der Waals surface area contributed by atoms with Gasteiger partial charge in [0.05, 0.1) is 18.2 Å². The molecule has 0 aliphatic carbocycles. The molecule has 0 saturated carbocycles. The molecule has 0 aliphatic heterocycles. The Balaban J connectivity index is 2.08. The number of rotatable bonds is 5. The van der Waals surface area contributed by atoms with E-state index < -0.39 is 6.10 Å². The van der Waals surface area contributed by atoms with E-state index in [4.69, 9.17) is 0 Å². The average molecular weight is 236 g/mol. The zero-order chi connectivity index (χ0) is 11.4. The van der Waals surface area contributed by atoms with Crippen LogP contribution in [0.25, 0.3) is 0 Å². The van der Waals surface area contributed by atoms with E-state index in [1.165, 1.54) is 4.88 Å². The van der Waals surface area contributed by atoms with Crippen LogP contribution >= 0.6 is 11.3 Å². The van der Waals surface area contributed by atoms with Crippen molar-refractivity contribution in [2.75, 3.05) is 0 Å². The topological polar surface area (TPSA) is 38.0 Å². The lowest BCUT2D eigenvalue weighted by molar-refractivity contribution is 0.169. The van der Waals surface area contributed by atoms with Crippen LogP contribution in [0.15, 0.2) is 30.0 Å². The minimum atomic E-state index is -0.451. The molecule has 2 rings (SSSR count). The number of aryl methyl sites for hydroxylation is 1. The Labute approximate surface area is 99.4 Å². The van der Waals surface area contributed by atoms with E-state index >= 15 is 0 Å². The lowest BCUT2D eigenvalue weighted by Crippen LogP contribution is -2.08. The second-order valence-electron chi connectivity index (χ2n) is 3.81. The number of aromatic nitrogens is 2. The van der Waals surface area contributed by atoms with Gasteiger partial charge in [0.15, 0.2) is 0 Å². The van der Waals surface area contributed by atoms with Gasteiger partial charge in [-0.25, -0.2) is 4.98 Å². The fraction of sp³-hybridized carbons (Fsp3) is 0.417. The van der Waals surface area contributed by atoms with Gasteiger partial charge in [-0.15, -0.1) is 11.3 Å². The van der Waals surface area contributed by atoms with E-state index in [1.807, 2.05) is 16.0 Å². The van der Waals surface area contributed by atoms with Crippen molar-refractivity contribution in [1.82, 2.24) is 9.55 Å². The molecule has 3 nitrogen and oxygen atoms in total. The van der Waals surface area contributed by atoms with Crippen molar-refractivity contribution < 1.29 is 5.11 Å². The quantitative estimate of drug-likeness (QED) is 0.866. The monoisotopic (exact) mass is 236 g/mol. The van der Waals surface area contributed by atoms with Crippen LogP contribution in [-0.2, 0) is 13.0 Å². The van der Waals surface area contributed by atoms with Gasteiger partial charge in [-0.3, -0.25) is 0 Å². The second kappa shape index (κ2) is 5.27. The van der Waals surface area contributed by atoms with Gasteiger partial charge in [0, 0.05) is 17.8 Å². The molecule has 0 amide bonds. The first-order chi connectivity index (χ1) is 7.81. The van der Waals surface area contributed by atoms with E-state index in [9.17, 15) is 5.11 Å². The van der Waals surface area contributed by atoms with Crippen molar-refractivity contribution in [1.29, 1.82) is 0 Å². The van der Waals surface area contributed by atoms with Crippen LogP contribution in [0.2, 0.25) is 0 Å². The van der Waals surface area contributed by atoms with Gasteiger partial charge < -0.3 is 9.67 Å². The molecule has 0 aliphatic rings. The average Bonchev–Trinajstić information content (AvgIpc) is 2.89. The van der Waals surface area contributed by atoms with Crippen molar-refractivity contribution in [3.8, 4) is 0 Å². The highest BCUT2D eigenvalue weighted by atomic mass is 32.1. The molecule has 0 aromatic carbocycles. The normalized spacial score (nSPS) is 12.9. The van der Waals surface area contributed by atoms with Crippen molar-refractivity contribution >= 4 is 11.3 Å². The smallest absolute Gasteiger partial charge is 0.100 e. The molecular formula is C12H16N2OS. The van der Waals surface area contributed by atoms with Gasteiger partial charge in [0.1, 0.15) is 6.10 Å². The van der Waals surface area contributed by atoms with E-state index in [1.54, 1.807) is 23.9 Å². The molecule has 1 unspecified atom stereocenters. The Hall–Kier alpha value is -1.13. The lowest BCUT2D eigenvalue weighted by Gasteiger charge is -2.12. The number of nitrogens with zero attached hydrogens (tertiary/aromatic N) is 2. The Kier molecular flexibility index (Phi) is 3.74. The number of aliphatic hydroxyl groups excluding tert-OH is 1. The third-order valence-corrected chi connectivity index (χ3v) is 3.42. The van der Waals surface area contributed by atoms with Gasteiger partial charge in [0.2, 0.25) is 0 Å². The van der Waals surface area contributed by atoms with E-state index in [-0.39, 0.29) is 0 Å². The Morgan fingerprint density at radius 2 is 2.44 bits per heavy atom. The molecule has 0 radical (unpaired) electrons. The highest BCUT2D eigenvalue weighted by molar-refractivity contribution is 7.09. The number of aliphatic hydroxyl groups is 1. The summed E-state index contributed by atoms with van der Waals surface area (Å²) in [5.74, 6) is 0. The minimum absolute atomic E-state index is 0.451. The summed E-state index contributed by atoms with van der Waals surface area (Å²) >= 11 is 1.68. The molecular weight excluding hydrogens is 220 g/mol. The molecule has 4 heteroatoms. The number of hydrogen-bond acceptors (Lipinski definition) is 3. The minimum Gasteiger partial charge on any atom is -0.386 e. The maximum Gasteiger partial charge on any atom is 0.100 e. The van der Waals surface area contributed by atoms with Crippen molar-refractivity contribution in [3.05, 3.63) is 40.6 Å². The summed E-state index contributed by atoms with van der Waals surface area (Å²) in [6, 6.07) is 4.06. The number of thiophene rings is 1. The molecule has 16 heavy (non-hydrogen) atoms. The maximum absolute atomic E-state index is 10.1. The Morgan fingerprint density at radius 3 is 3.12 bits per heavy atom. The zero-order valence-electron chi connectivity index (χ0n) is 9.34. The highest BCUT2D eigenvalue weighted by Gasteiger charge is 2.13. The fourth-order valence-electron chi connectivity index (χ4n) is 1.76. The summed E-state index contributed by atoms with van der Waals surface area (Å²) in [7, 11) is 0. The van der Waals surface area contributed by atoms with Crippen LogP contribution in [0.1, 0.15) is 30.0 Å². The van der Waals surface area contributed by atoms with E-state index in [0.29, 0.717) is 6.42 Å². The molecule has 1 N–H and O–H groups in total. The molecule has 2 heterocycles. The first kappa shape index (κ1) is 11.4. The third kappa shape index (κ3) is 2.51. The summed E-state index contributed by atoms with van der Waals surface area (Å²) in [6.45, 7) is 3.03. The first-order valence-electron chi connectivity index (χ1n) is 5.51. The van der Waals surface area contributed by atoms with Gasteiger partial charge in [-0.05, 0) is 17.9 Å². The molecule has 2 aromatic heterocycles. The summed E-state index contributed by atoms with van der Waals surface area (Å²) in [4.78, 5) is 5.30. The summed E-state index contributed by atoms with van der Waals surface area (Å²) in [6.07, 6.45) is 4.82. The van der Waals surface area contributed by atoms with Crippen molar-refractivity contribution in [3.63, 3.8) is 0 Å². The maximum atomic E-state index is 10.1. The largest absolute Gasteiger partial charge is 0.386 e. The Bertz CT molecular complexity index is 422. The first-order valence-corrected chi connectivity index (χ1v) is 6.39. The predicted molar refractivity (Wildman–Crippen MR) is 65.5 cm³/mol. The van der Waals surface area contributed by atoms with Gasteiger partial charge in [0.25, 0.3) is 0 Å². The fourth-order valence-corrected chi connectivity index (χ4v) is 2.50. The van der Waals surface area contributed by atoms with E-state index in [2.05, 4.69) is 18.0 Å². The van der Waals surface area contributed by atoms with E-state index in [0.717, 1.165) is 18.7 Å². The van der Waals surface area contributed by atoms with Crippen molar-refractivity contribution in [2.45, 2.75) is 32.4 Å². The van der Waals surface area contributed by atoms with Crippen LogP contribution in [0.5, 0.6) is 0 Å². The summed E-state index contributed by atoms with van der Waals surface area (Å²) in [5, 5.41) is 12.2. The van der Waals surface area contributed by atoms with Crippen LogP contribution in [0.4, 0.5) is 0 Å². The van der Waals surface area contributed by atoms with Crippen LogP contribution in [0.3, 0.4) is 0 Å². The van der Waals surface area contributed by atoms with Gasteiger partial charge in [-0.2, -0.15) is 0 Å². The number of imidazole rings is 1.